The van der Waals surface area contributed by atoms with Crippen molar-refractivity contribution in [2.75, 3.05) is 25.1 Å². The van der Waals surface area contributed by atoms with Crippen LogP contribution in [-0.2, 0) is 16.7 Å². The summed E-state index contributed by atoms with van der Waals surface area (Å²) in [5.41, 5.74) is 3.62. The van der Waals surface area contributed by atoms with Gasteiger partial charge in [-0.25, -0.2) is 0 Å². The van der Waals surface area contributed by atoms with Gasteiger partial charge < -0.3 is 19.7 Å². The lowest BCUT2D eigenvalue weighted by Crippen LogP contribution is -2.39. The third kappa shape index (κ3) is 6.19. The summed E-state index contributed by atoms with van der Waals surface area (Å²) in [5.74, 6) is 0.814. The van der Waals surface area contributed by atoms with Gasteiger partial charge >= 0.3 is 0 Å². The van der Waals surface area contributed by atoms with Gasteiger partial charge in [-0.15, -0.1) is 0 Å². The number of rotatable bonds is 7. The molecule has 4 nitrogen and oxygen atoms in total. The second kappa shape index (κ2) is 10.3. The summed E-state index contributed by atoms with van der Waals surface area (Å²) in [7, 11) is 0. The number of hydrogen-bond acceptors (Lipinski definition) is 3. The van der Waals surface area contributed by atoms with Gasteiger partial charge in [0.15, 0.2) is 5.11 Å². The molecule has 0 aromatic heterocycles. The third-order valence-electron chi connectivity index (χ3n) is 5.36. The molecular weight excluding hydrogens is 392 g/mol. The highest BCUT2D eigenvalue weighted by atomic mass is 32.1. The zero-order chi connectivity index (χ0) is 21.6. The van der Waals surface area contributed by atoms with E-state index in [9.17, 15) is 0 Å². The van der Waals surface area contributed by atoms with E-state index in [0.717, 1.165) is 44.0 Å². The number of anilines is 1. The maximum absolute atomic E-state index is 5.89. The fourth-order valence-electron chi connectivity index (χ4n) is 3.63. The first-order valence-electron chi connectivity index (χ1n) is 10.9. The highest BCUT2D eigenvalue weighted by Gasteiger charge is 2.22. The SMILES string of the molecule is CCOc1ccccc1NC(=S)N(Cc1ccc(C(C)(C)C)cc1)CC1CCCO1. The molecule has 1 aliphatic heterocycles. The second-order valence-corrected chi connectivity index (χ2v) is 9.21. The maximum atomic E-state index is 5.89. The average Bonchev–Trinajstić information content (AvgIpc) is 3.22. The lowest BCUT2D eigenvalue weighted by molar-refractivity contribution is 0.0905. The van der Waals surface area contributed by atoms with E-state index >= 15 is 0 Å². The second-order valence-electron chi connectivity index (χ2n) is 8.82. The molecule has 1 heterocycles. The molecular formula is C25H34N2O2S. The summed E-state index contributed by atoms with van der Waals surface area (Å²) < 4.78 is 11.6. The first kappa shape index (κ1) is 22.6. The van der Waals surface area contributed by atoms with Crippen molar-refractivity contribution < 1.29 is 9.47 Å². The van der Waals surface area contributed by atoms with Crippen LogP contribution in [0.5, 0.6) is 5.75 Å². The van der Waals surface area contributed by atoms with E-state index in [4.69, 9.17) is 21.7 Å². The van der Waals surface area contributed by atoms with E-state index in [1.54, 1.807) is 0 Å². The number of thiocarbonyl (C=S) groups is 1. The molecule has 2 aromatic rings. The molecule has 0 amide bonds. The summed E-state index contributed by atoms with van der Waals surface area (Å²) >= 11 is 5.82. The minimum absolute atomic E-state index is 0.149. The fourth-order valence-corrected chi connectivity index (χ4v) is 3.88. The lowest BCUT2D eigenvalue weighted by atomic mass is 9.87. The van der Waals surface area contributed by atoms with Crippen LogP contribution in [0.3, 0.4) is 0 Å². The van der Waals surface area contributed by atoms with Crippen LogP contribution in [0.1, 0.15) is 51.7 Å². The van der Waals surface area contributed by atoms with Crippen molar-refractivity contribution in [1.29, 1.82) is 0 Å². The first-order chi connectivity index (χ1) is 14.4. The molecule has 1 fully saturated rings. The Balaban J connectivity index is 1.75. The monoisotopic (exact) mass is 426 g/mol. The van der Waals surface area contributed by atoms with Crippen LogP contribution in [0.25, 0.3) is 0 Å². The fraction of sp³-hybridized carbons (Fsp3) is 0.480. The quantitative estimate of drug-likeness (QED) is 0.569. The molecule has 1 N–H and O–H groups in total. The van der Waals surface area contributed by atoms with E-state index in [0.29, 0.717) is 11.7 Å². The number of ether oxygens (including phenoxy) is 2. The summed E-state index contributed by atoms with van der Waals surface area (Å²) in [6.45, 7) is 11.7. The van der Waals surface area contributed by atoms with E-state index in [2.05, 4.69) is 55.3 Å². The van der Waals surface area contributed by atoms with Crippen LogP contribution in [-0.4, -0.2) is 35.9 Å². The van der Waals surface area contributed by atoms with Crippen LogP contribution in [0, 0.1) is 0 Å². The molecule has 1 unspecified atom stereocenters. The number of benzene rings is 2. The van der Waals surface area contributed by atoms with Crippen molar-refractivity contribution >= 4 is 23.0 Å². The Morgan fingerprint density at radius 1 is 1.17 bits per heavy atom. The Kier molecular flexibility index (Phi) is 7.73. The Morgan fingerprint density at radius 2 is 1.90 bits per heavy atom. The molecule has 5 heteroatoms. The Labute approximate surface area is 186 Å². The van der Waals surface area contributed by atoms with Gasteiger partial charge in [0, 0.05) is 19.7 Å². The lowest BCUT2D eigenvalue weighted by Gasteiger charge is -2.29. The van der Waals surface area contributed by atoms with Gasteiger partial charge in [0.25, 0.3) is 0 Å². The van der Waals surface area contributed by atoms with Gasteiger partial charge in [0.05, 0.1) is 18.4 Å². The summed E-state index contributed by atoms with van der Waals surface area (Å²) in [4.78, 5) is 2.21. The molecule has 30 heavy (non-hydrogen) atoms. The number of hydrogen-bond donors (Lipinski definition) is 1. The van der Waals surface area contributed by atoms with Crippen molar-refractivity contribution in [2.45, 2.75) is 58.6 Å². The zero-order valence-electron chi connectivity index (χ0n) is 18.6. The van der Waals surface area contributed by atoms with Crippen molar-refractivity contribution in [3.8, 4) is 5.75 Å². The molecule has 162 valence electrons. The first-order valence-corrected chi connectivity index (χ1v) is 11.3. The molecule has 0 spiro atoms. The van der Waals surface area contributed by atoms with E-state index in [1.807, 2.05) is 31.2 Å². The van der Waals surface area contributed by atoms with Crippen LogP contribution in [0.4, 0.5) is 5.69 Å². The van der Waals surface area contributed by atoms with Gasteiger partial charge in [-0.2, -0.15) is 0 Å². The van der Waals surface area contributed by atoms with Crippen molar-refractivity contribution in [1.82, 2.24) is 4.90 Å². The predicted octanol–water partition coefficient (Wildman–Crippen LogP) is 5.76. The number of nitrogens with zero attached hydrogens (tertiary/aromatic N) is 1. The van der Waals surface area contributed by atoms with Crippen molar-refractivity contribution in [2.24, 2.45) is 0 Å². The van der Waals surface area contributed by atoms with Gasteiger partial charge in [-0.3, -0.25) is 0 Å². The van der Waals surface area contributed by atoms with E-state index < -0.39 is 0 Å². The van der Waals surface area contributed by atoms with Gasteiger partial charge in [0.1, 0.15) is 5.75 Å². The minimum Gasteiger partial charge on any atom is -0.492 e. The Bertz CT molecular complexity index is 824. The smallest absolute Gasteiger partial charge is 0.173 e. The molecule has 0 bridgehead atoms. The van der Waals surface area contributed by atoms with E-state index in [-0.39, 0.29) is 11.5 Å². The molecule has 3 rings (SSSR count). The largest absolute Gasteiger partial charge is 0.492 e. The van der Waals surface area contributed by atoms with Gasteiger partial charge in [0.2, 0.25) is 0 Å². The topological polar surface area (TPSA) is 33.7 Å². The molecule has 2 aromatic carbocycles. The molecule has 1 saturated heterocycles. The molecule has 1 aliphatic rings. The van der Waals surface area contributed by atoms with Gasteiger partial charge in [-0.05, 0) is 60.7 Å². The predicted molar refractivity (Wildman–Crippen MR) is 128 cm³/mol. The molecule has 0 aliphatic carbocycles. The molecule has 0 radical (unpaired) electrons. The zero-order valence-corrected chi connectivity index (χ0v) is 19.4. The van der Waals surface area contributed by atoms with Crippen molar-refractivity contribution in [3.63, 3.8) is 0 Å². The van der Waals surface area contributed by atoms with Crippen LogP contribution >= 0.6 is 12.2 Å². The third-order valence-corrected chi connectivity index (χ3v) is 5.72. The standard InChI is InChI=1S/C25H34N2O2S/c1-5-28-23-11-7-6-10-22(23)26-24(30)27(18-21-9-8-16-29-21)17-19-12-14-20(15-13-19)25(2,3)4/h6-7,10-15,21H,5,8-9,16-18H2,1-4H3,(H,26,30). The number of para-hydroxylation sites is 2. The minimum atomic E-state index is 0.149. The normalized spacial score (nSPS) is 16.3. The molecule has 0 saturated carbocycles. The Morgan fingerprint density at radius 3 is 2.53 bits per heavy atom. The Hall–Kier alpha value is -2.11. The summed E-state index contributed by atoms with van der Waals surface area (Å²) in [6.07, 6.45) is 2.42. The summed E-state index contributed by atoms with van der Waals surface area (Å²) in [6, 6.07) is 16.8. The van der Waals surface area contributed by atoms with Crippen LogP contribution in [0.15, 0.2) is 48.5 Å². The van der Waals surface area contributed by atoms with Crippen LogP contribution in [0.2, 0.25) is 0 Å². The van der Waals surface area contributed by atoms with Crippen LogP contribution < -0.4 is 10.1 Å². The average molecular weight is 427 g/mol. The molecule has 1 atom stereocenters. The highest BCUT2D eigenvalue weighted by molar-refractivity contribution is 7.80. The van der Waals surface area contributed by atoms with E-state index in [1.165, 1.54) is 11.1 Å². The maximum Gasteiger partial charge on any atom is 0.173 e. The van der Waals surface area contributed by atoms with Gasteiger partial charge in [-0.1, -0.05) is 57.2 Å². The van der Waals surface area contributed by atoms with Crippen molar-refractivity contribution in [3.05, 3.63) is 59.7 Å². The number of nitrogens with one attached hydrogen (secondary N) is 1. The highest BCUT2D eigenvalue weighted by Crippen LogP contribution is 2.26. The summed E-state index contributed by atoms with van der Waals surface area (Å²) in [5, 5.41) is 4.09.